The minimum Gasteiger partial charge on any atom is -0.508 e. The summed E-state index contributed by atoms with van der Waals surface area (Å²) < 4.78 is 26.3. The standard InChI is InChI=1S/C27H25N5O3/c1-31-21-12-20(23-17(25(31)34)5-4-6-22(23)33)32-19-11-15(7-8-18(19)30-24(21)32)16-13-28-26(29-14-16)27(35)9-2-3-10-27/h4-8,11,13-14,20-21,33,35H,2-3,9-10,12H2,1H3/t20-,21-/m1/s1/i1D3. The van der Waals surface area contributed by atoms with Gasteiger partial charge in [-0.1, -0.05) is 12.1 Å². The zero-order valence-electron chi connectivity index (χ0n) is 21.8. The first-order chi connectivity index (χ1) is 18.2. The number of phenolic OH excluding ortho intramolecular Hbond substituents is 1. The van der Waals surface area contributed by atoms with E-state index in [0.29, 0.717) is 42.0 Å². The number of aliphatic hydroxyl groups is 1. The summed E-state index contributed by atoms with van der Waals surface area (Å²) in [4.78, 5) is 28.1. The van der Waals surface area contributed by atoms with Crippen LogP contribution in [-0.4, -0.2) is 47.5 Å². The molecule has 7 rings (SSSR count). The first-order valence-corrected chi connectivity index (χ1v) is 11.9. The molecule has 3 aliphatic rings. The van der Waals surface area contributed by atoms with Crippen molar-refractivity contribution < 1.29 is 19.1 Å². The highest BCUT2D eigenvalue weighted by atomic mass is 16.3. The van der Waals surface area contributed by atoms with E-state index < -0.39 is 30.6 Å². The second kappa shape index (κ2) is 7.11. The molecule has 2 aliphatic heterocycles. The van der Waals surface area contributed by atoms with Crippen LogP contribution in [0.2, 0.25) is 0 Å². The van der Waals surface area contributed by atoms with Crippen LogP contribution in [0.25, 0.3) is 22.2 Å². The maximum Gasteiger partial charge on any atom is 0.254 e. The highest BCUT2D eigenvalue weighted by Crippen LogP contribution is 2.49. The maximum atomic E-state index is 13.4. The van der Waals surface area contributed by atoms with E-state index in [4.69, 9.17) is 9.10 Å². The fourth-order valence-electron chi connectivity index (χ4n) is 6.01. The van der Waals surface area contributed by atoms with Crippen molar-refractivity contribution >= 4 is 16.9 Å². The Morgan fingerprint density at radius 3 is 2.66 bits per heavy atom. The summed E-state index contributed by atoms with van der Waals surface area (Å²) in [5, 5.41) is 21.7. The fourth-order valence-corrected chi connectivity index (χ4v) is 6.01. The molecule has 2 aromatic heterocycles. The lowest BCUT2D eigenvalue weighted by molar-refractivity contribution is 0.0351. The van der Waals surface area contributed by atoms with Crippen molar-refractivity contribution in [3.05, 3.63) is 71.6 Å². The van der Waals surface area contributed by atoms with Gasteiger partial charge in [-0.15, -0.1) is 0 Å². The molecule has 1 saturated carbocycles. The maximum absolute atomic E-state index is 13.4. The predicted molar refractivity (Wildman–Crippen MR) is 129 cm³/mol. The van der Waals surface area contributed by atoms with Crippen LogP contribution in [0.5, 0.6) is 5.75 Å². The largest absolute Gasteiger partial charge is 0.508 e. The van der Waals surface area contributed by atoms with Gasteiger partial charge in [0.05, 0.1) is 23.1 Å². The quantitative estimate of drug-likeness (QED) is 0.457. The average molecular weight is 471 g/mol. The molecule has 2 aromatic carbocycles. The van der Waals surface area contributed by atoms with Crippen LogP contribution in [0.15, 0.2) is 48.8 Å². The Bertz CT molecular complexity index is 1610. The molecule has 2 N–H and O–H groups in total. The van der Waals surface area contributed by atoms with Gasteiger partial charge in [0.1, 0.15) is 17.2 Å². The monoisotopic (exact) mass is 470 g/mol. The summed E-state index contributed by atoms with van der Waals surface area (Å²) in [6.07, 6.45) is 6.95. The number of hydrogen-bond donors (Lipinski definition) is 2. The van der Waals surface area contributed by atoms with Gasteiger partial charge in [0, 0.05) is 46.6 Å². The van der Waals surface area contributed by atoms with E-state index >= 15 is 0 Å². The first-order valence-electron chi connectivity index (χ1n) is 13.4. The van der Waals surface area contributed by atoms with Crippen LogP contribution in [0, 0.1) is 0 Å². The number of aromatic hydroxyl groups is 1. The zero-order valence-corrected chi connectivity index (χ0v) is 18.8. The van der Waals surface area contributed by atoms with E-state index in [1.807, 2.05) is 22.8 Å². The summed E-state index contributed by atoms with van der Waals surface area (Å²) in [6, 6.07) is 9.12. The summed E-state index contributed by atoms with van der Waals surface area (Å²) in [5.41, 5.74) is 2.66. The van der Waals surface area contributed by atoms with E-state index in [1.54, 1.807) is 24.5 Å². The number of phenols is 1. The third-order valence-electron chi connectivity index (χ3n) is 7.78. The third kappa shape index (κ3) is 2.83. The van der Waals surface area contributed by atoms with E-state index in [-0.39, 0.29) is 11.3 Å². The minimum absolute atomic E-state index is 0.0494. The highest BCUT2D eigenvalue weighted by molar-refractivity contribution is 5.98. The molecule has 8 nitrogen and oxygen atoms in total. The normalized spacial score (nSPS) is 24.0. The number of imidazole rings is 1. The molecular weight excluding hydrogens is 442 g/mol. The Labute approximate surface area is 206 Å². The Morgan fingerprint density at radius 1 is 1.09 bits per heavy atom. The lowest BCUT2D eigenvalue weighted by Crippen LogP contribution is -2.30. The molecule has 2 bridgehead atoms. The van der Waals surface area contributed by atoms with Gasteiger partial charge in [0.25, 0.3) is 5.91 Å². The molecule has 0 radical (unpaired) electrons. The van der Waals surface area contributed by atoms with E-state index in [2.05, 4.69) is 9.97 Å². The van der Waals surface area contributed by atoms with Crippen LogP contribution < -0.4 is 0 Å². The van der Waals surface area contributed by atoms with Gasteiger partial charge in [-0.05, 0) is 55.5 Å². The number of benzene rings is 2. The summed E-state index contributed by atoms with van der Waals surface area (Å²) in [7, 11) is 0. The Balaban J connectivity index is 1.38. The Morgan fingerprint density at radius 2 is 1.89 bits per heavy atom. The summed E-state index contributed by atoms with van der Waals surface area (Å²) in [6.45, 7) is -2.68. The molecule has 1 amide bonds. The number of carbonyl (C=O) groups excluding carboxylic acids is 1. The van der Waals surface area contributed by atoms with Gasteiger partial charge >= 0.3 is 0 Å². The average Bonchev–Trinajstić information content (AvgIpc) is 3.56. The number of amides is 1. The number of hydrogen-bond acceptors (Lipinski definition) is 6. The van der Waals surface area contributed by atoms with Crippen molar-refractivity contribution in [2.45, 2.75) is 49.8 Å². The number of aromatic nitrogens is 4. The van der Waals surface area contributed by atoms with Gasteiger partial charge in [-0.3, -0.25) is 4.79 Å². The van der Waals surface area contributed by atoms with Crippen molar-refractivity contribution in [2.75, 3.05) is 6.98 Å². The summed E-state index contributed by atoms with van der Waals surface area (Å²) >= 11 is 0. The van der Waals surface area contributed by atoms with Crippen molar-refractivity contribution in [3.8, 4) is 16.9 Å². The molecule has 0 saturated heterocycles. The number of carbonyl (C=O) groups is 1. The molecule has 0 spiro atoms. The molecule has 0 unspecified atom stereocenters. The first kappa shape index (κ1) is 17.6. The minimum atomic E-state index is -2.68. The Kier molecular flexibility index (Phi) is 3.58. The van der Waals surface area contributed by atoms with Crippen molar-refractivity contribution in [1.29, 1.82) is 0 Å². The van der Waals surface area contributed by atoms with Gasteiger partial charge in [0.2, 0.25) is 0 Å². The van der Waals surface area contributed by atoms with Gasteiger partial charge in [-0.25, -0.2) is 15.0 Å². The summed E-state index contributed by atoms with van der Waals surface area (Å²) in [5.74, 6) is 0.238. The van der Waals surface area contributed by atoms with E-state index in [0.717, 1.165) is 34.4 Å². The third-order valence-corrected chi connectivity index (χ3v) is 7.78. The van der Waals surface area contributed by atoms with Gasteiger partial charge in [0.15, 0.2) is 5.82 Å². The lowest BCUT2D eigenvalue weighted by atomic mass is 9.97. The highest BCUT2D eigenvalue weighted by Gasteiger charge is 2.44. The zero-order chi connectivity index (χ0) is 26.4. The predicted octanol–water partition coefficient (Wildman–Crippen LogP) is 4.08. The van der Waals surface area contributed by atoms with Crippen LogP contribution in [0.1, 0.15) is 75.9 Å². The SMILES string of the molecule is [2H]C([2H])([2H])N1C(=O)c2cccc(O)c2[C@H]2C[C@@H]1c1nc3ccc(-c4cnc(C5(O)CCCC5)nc4)cc3n12. The topological polar surface area (TPSA) is 104 Å². The molecule has 4 heterocycles. The second-order valence-electron chi connectivity index (χ2n) is 9.76. The molecule has 176 valence electrons. The van der Waals surface area contributed by atoms with Gasteiger partial charge in [-0.2, -0.15) is 0 Å². The van der Waals surface area contributed by atoms with E-state index in [9.17, 15) is 15.0 Å². The van der Waals surface area contributed by atoms with Crippen LogP contribution in [0.4, 0.5) is 0 Å². The van der Waals surface area contributed by atoms with Crippen LogP contribution >= 0.6 is 0 Å². The number of rotatable bonds is 2. The van der Waals surface area contributed by atoms with Crippen LogP contribution in [0.3, 0.4) is 0 Å². The fraction of sp³-hybridized carbons (Fsp3) is 0.333. The molecule has 1 aliphatic carbocycles. The smallest absolute Gasteiger partial charge is 0.254 e. The molecule has 4 aromatic rings. The molecule has 1 fully saturated rings. The van der Waals surface area contributed by atoms with Gasteiger partial charge < -0.3 is 19.7 Å². The number of fused-ring (bicyclic) bond motifs is 9. The number of nitrogens with zero attached hydrogens (tertiary/aromatic N) is 5. The van der Waals surface area contributed by atoms with Crippen molar-refractivity contribution in [2.24, 2.45) is 0 Å². The molecular formula is C27H25N5O3. The molecule has 35 heavy (non-hydrogen) atoms. The molecule has 2 atom stereocenters. The Hall–Kier alpha value is -3.78. The van der Waals surface area contributed by atoms with Crippen LogP contribution in [-0.2, 0) is 5.60 Å². The second-order valence-corrected chi connectivity index (χ2v) is 9.76. The molecule has 8 heteroatoms. The van der Waals surface area contributed by atoms with Crippen molar-refractivity contribution in [3.63, 3.8) is 0 Å². The van der Waals surface area contributed by atoms with E-state index in [1.165, 1.54) is 6.07 Å². The lowest BCUT2D eigenvalue weighted by Gasteiger charge is -2.24. The van der Waals surface area contributed by atoms with Crippen molar-refractivity contribution in [1.82, 2.24) is 24.4 Å².